The number of hydrogen-bond acceptors (Lipinski definition) is 7. The number of carbonyl (C=O) groups is 2. The average Bonchev–Trinajstić information content (AvgIpc) is 2.66. The lowest BCUT2D eigenvalue weighted by Crippen LogP contribution is -2.46. The van der Waals surface area contributed by atoms with Crippen LogP contribution >= 0.6 is 0 Å². The van der Waals surface area contributed by atoms with Crippen molar-refractivity contribution in [2.24, 2.45) is 5.73 Å². The summed E-state index contributed by atoms with van der Waals surface area (Å²) in [5, 5.41) is 22.7. The molecule has 1 atom stereocenters. The quantitative estimate of drug-likeness (QED) is 0.457. The van der Waals surface area contributed by atoms with E-state index in [1.54, 1.807) is 0 Å². The Bertz CT molecular complexity index is 530. The van der Waals surface area contributed by atoms with Crippen LogP contribution in [0.5, 0.6) is 0 Å². The van der Waals surface area contributed by atoms with E-state index in [0.29, 0.717) is 0 Å². The number of carbonyl (C=O) groups excluding carboxylic acids is 1. The summed E-state index contributed by atoms with van der Waals surface area (Å²) in [5.74, 6) is -2.46. The van der Waals surface area contributed by atoms with Crippen molar-refractivity contribution in [1.82, 2.24) is 10.0 Å². The lowest BCUT2D eigenvalue weighted by atomic mass is 9.96. The molecule has 10 nitrogen and oxygen atoms in total. The molecule has 1 unspecified atom stereocenters. The Morgan fingerprint density at radius 3 is 2.55 bits per heavy atom. The number of aliphatic carboxylic acids is 1. The molecule has 2 aliphatic rings. The van der Waals surface area contributed by atoms with E-state index in [0.717, 1.165) is 24.3 Å². The third kappa shape index (κ3) is 2.88. The van der Waals surface area contributed by atoms with Crippen molar-refractivity contribution >= 4 is 11.9 Å². The molecule has 0 aromatic carbocycles. The summed E-state index contributed by atoms with van der Waals surface area (Å²) in [6, 6.07) is -1.55. The second kappa shape index (κ2) is 6.28. The van der Waals surface area contributed by atoms with Gasteiger partial charge in [0.2, 0.25) is 6.04 Å². The van der Waals surface area contributed by atoms with Crippen LogP contribution in [0, 0.1) is 10.1 Å². The molecule has 0 spiro atoms. The number of rotatable bonds is 7. The number of nitrogens with two attached hydrogens (primary N) is 1. The lowest BCUT2D eigenvalue weighted by molar-refractivity contribution is -0.430. The fourth-order valence-electron chi connectivity index (χ4n) is 2.57. The molecule has 22 heavy (non-hydrogen) atoms. The van der Waals surface area contributed by atoms with Crippen molar-refractivity contribution in [3.05, 3.63) is 21.5 Å². The third-order valence-corrected chi connectivity index (χ3v) is 3.89. The topological polar surface area (TPSA) is 139 Å². The number of nitrogens with zero attached hydrogens (tertiary/aromatic N) is 3. The standard InChI is InChI=1S/C12H18N4O6/c1-14-10(12(18)19)8(16(20)21)9(11(13)17)15(14)5-6-22-7-3-2-4-7/h7,10H,2-6H2,1H3,(H2,13,17)(H,18,19). The lowest BCUT2D eigenvalue weighted by Gasteiger charge is -2.31. The van der Waals surface area contributed by atoms with Gasteiger partial charge in [-0.1, -0.05) is 0 Å². The minimum atomic E-state index is -1.55. The van der Waals surface area contributed by atoms with Gasteiger partial charge in [0.05, 0.1) is 24.2 Å². The molecule has 0 saturated heterocycles. The van der Waals surface area contributed by atoms with Crippen LogP contribution in [0.4, 0.5) is 0 Å². The van der Waals surface area contributed by atoms with E-state index in [1.807, 2.05) is 0 Å². The largest absolute Gasteiger partial charge is 0.480 e. The van der Waals surface area contributed by atoms with Gasteiger partial charge in [0.25, 0.3) is 5.91 Å². The number of carboxylic acids is 1. The normalized spacial score (nSPS) is 22.8. The highest BCUT2D eigenvalue weighted by atomic mass is 16.6. The first-order valence-electron chi connectivity index (χ1n) is 6.87. The second-order valence-corrected chi connectivity index (χ2v) is 5.22. The molecule has 0 aromatic heterocycles. The molecule has 0 aromatic rings. The van der Waals surface area contributed by atoms with Crippen LogP contribution < -0.4 is 5.73 Å². The highest BCUT2D eigenvalue weighted by molar-refractivity contribution is 5.94. The summed E-state index contributed by atoms with van der Waals surface area (Å²) in [4.78, 5) is 33.1. The molecule has 0 bridgehead atoms. The maximum absolute atomic E-state index is 11.6. The van der Waals surface area contributed by atoms with E-state index >= 15 is 0 Å². The van der Waals surface area contributed by atoms with Gasteiger partial charge in [-0.25, -0.2) is 4.79 Å². The number of likely N-dealkylation sites (N-methyl/N-ethyl adjacent to an activating group) is 1. The number of primary amides is 1. The van der Waals surface area contributed by atoms with Crippen molar-refractivity contribution in [3.63, 3.8) is 0 Å². The molecule has 10 heteroatoms. The van der Waals surface area contributed by atoms with E-state index < -0.39 is 34.2 Å². The molecular formula is C12H18N4O6. The predicted molar refractivity (Wildman–Crippen MR) is 72.7 cm³/mol. The van der Waals surface area contributed by atoms with E-state index in [9.17, 15) is 24.8 Å². The van der Waals surface area contributed by atoms with E-state index in [4.69, 9.17) is 10.5 Å². The number of carboxylic acid groups (broad SMARTS) is 1. The van der Waals surface area contributed by atoms with Crippen molar-refractivity contribution in [3.8, 4) is 0 Å². The van der Waals surface area contributed by atoms with Gasteiger partial charge < -0.3 is 15.6 Å². The maximum atomic E-state index is 11.6. The van der Waals surface area contributed by atoms with Crippen LogP contribution in [0.25, 0.3) is 0 Å². The average molecular weight is 314 g/mol. The maximum Gasteiger partial charge on any atom is 0.334 e. The fraction of sp³-hybridized carbons (Fsp3) is 0.667. The zero-order valence-electron chi connectivity index (χ0n) is 12.1. The van der Waals surface area contributed by atoms with E-state index in [-0.39, 0.29) is 19.3 Å². The van der Waals surface area contributed by atoms with Gasteiger partial charge in [-0.3, -0.25) is 19.9 Å². The summed E-state index contributed by atoms with van der Waals surface area (Å²) in [7, 11) is 1.36. The van der Waals surface area contributed by atoms with Crippen LogP contribution in [0.3, 0.4) is 0 Å². The van der Waals surface area contributed by atoms with Gasteiger partial charge in [0.15, 0.2) is 5.70 Å². The Kier molecular flexibility index (Phi) is 4.62. The summed E-state index contributed by atoms with van der Waals surface area (Å²) in [5.41, 5.74) is 4.08. The molecule has 3 N–H and O–H groups in total. The minimum Gasteiger partial charge on any atom is -0.480 e. The number of ether oxygens (including phenoxy) is 1. The second-order valence-electron chi connectivity index (χ2n) is 5.22. The third-order valence-electron chi connectivity index (χ3n) is 3.89. The molecule has 1 saturated carbocycles. The van der Waals surface area contributed by atoms with Crippen LogP contribution in [0.1, 0.15) is 19.3 Å². The van der Waals surface area contributed by atoms with Crippen LogP contribution in [0.2, 0.25) is 0 Å². The van der Waals surface area contributed by atoms with Gasteiger partial charge >= 0.3 is 11.7 Å². The molecule has 122 valence electrons. The predicted octanol–water partition coefficient (Wildman–Crippen LogP) is -0.855. The van der Waals surface area contributed by atoms with E-state index in [1.165, 1.54) is 12.1 Å². The Balaban J connectivity index is 2.20. The van der Waals surface area contributed by atoms with Gasteiger partial charge in [-0.2, -0.15) is 5.01 Å². The number of hydrogen-bond donors (Lipinski definition) is 2. The van der Waals surface area contributed by atoms with Crippen LogP contribution in [-0.2, 0) is 14.3 Å². The summed E-state index contributed by atoms with van der Waals surface area (Å²) in [6.45, 7) is 0.343. The molecular weight excluding hydrogens is 296 g/mol. The van der Waals surface area contributed by atoms with Crippen molar-refractivity contribution in [2.75, 3.05) is 20.2 Å². The monoisotopic (exact) mass is 314 g/mol. The zero-order valence-corrected chi connectivity index (χ0v) is 12.1. The zero-order chi connectivity index (χ0) is 16.4. The number of hydrazine groups is 1. The highest BCUT2D eigenvalue weighted by Crippen LogP contribution is 2.29. The molecule has 2 rings (SSSR count). The Morgan fingerprint density at radius 1 is 1.50 bits per heavy atom. The van der Waals surface area contributed by atoms with E-state index in [2.05, 4.69) is 0 Å². The smallest absolute Gasteiger partial charge is 0.334 e. The first-order valence-corrected chi connectivity index (χ1v) is 6.87. The SMILES string of the molecule is CN1C(C(=O)O)C([N+](=O)[O-])=C(C(N)=O)N1CCOC1CCC1. The summed E-state index contributed by atoms with van der Waals surface area (Å²) in [6.07, 6.45) is 3.20. The minimum absolute atomic E-state index is 0.117. The molecule has 1 amide bonds. The van der Waals surface area contributed by atoms with Crippen LogP contribution in [0.15, 0.2) is 11.4 Å². The molecule has 1 aliphatic heterocycles. The molecule has 1 fully saturated rings. The molecule has 0 radical (unpaired) electrons. The number of nitro groups is 1. The first kappa shape index (κ1) is 16.2. The van der Waals surface area contributed by atoms with Crippen molar-refractivity contribution < 1.29 is 24.4 Å². The Labute approximate surface area is 126 Å². The first-order chi connectivity index (χ1) is 10.3. The number of amides is 1. The Hall–Kier alpha value is -2.20. The van der Waals surface area contributed by atoms with Gasteiger partial charge in [0, 0.05) is 7.05 Å². The Morgan fingerprint density at radius 2 is 2.14 bits per heavy atom. The summed E-state index contributed by atoms with van der Waals surface area (Å²) < 4.78 is 5.55. The van der Waals surface area contributed by atoms with Crippen molar-refractivity contribution in [2.45, 2.75) is 31.4 Å². The van der Waals surface area contributed by atoms with Gasteiger partial charge in [-0.15, -0.1) is 0 Å². The highest BCUT2D eigenvalue weighted by Gasteiger charge is 2.50. The molecule has 1 heterocycles. The van der Waals surface area contributed by atoms with Crippen LogP contribution in [-0.4, -0.2) is 64.3 Å². The summed E-state index contributed by atoms with van der Waals surface area (Å²) >= 11 is 0. The fourth-order valence-corrected chi connectivity index (χ4v) is 2.57. The van der Waals surface area contributed by atoms with Crippen molar-refractivity contribution in [1.29, 1.82) is 0 Å². The van der Waals surface area contributed by atoms with Gasteiger partial charge in [0.1, 0.15) is 0 Å². The molecule has 1 aliphatic carbocycles. The van der Waals surface area contributed by atoms with Gasteiger partial charge in [-0.05, 0) is 19.3 Å².